The molecule has 12 nitrogen and oxygen atoms in total. The summed E-state index contributed by atoms with van der Waals surface area (Å²) in [5, 5.41) is 16.2. The van der Waals surface area contributed by atoms with E-state index in [1.165, 1.54) is 17.0 Å². The van der Waals surface area contributed by atoms with Crippen molar-refractivity contribution in [2.75, 3.05) is 0 Å². The second kappa shape index (κ2) is 14.7. The average Bonchev–Trinajstić information content (AvgIpc) is 3.64. The lowest BCUT2D eigenvalue weighted by Crippen LogP contribution is -2.56. The zero-order valence-corrected chi connectivity index (χ0v) is 27.5. The number of primary amides is 1. The van der Waals surface area contributed by atoms with Crippen molar-refractivity contribution in [3.8, 4) is 5.75 Å². The Labute approximate surface area is 270 Å². The Kier molecular flexibility index (Phi) is 11.4. The molecule has 1 saturated carbocycles. The Morgan fingerprint density at radius 3 is 1.98 bits per heavy atom. The average molecular weight is 639 g/mol. The minimum absolute atomic E-state index is 0.0492. The monoisotopic (exact) mass is 638 g/mol. The van der Waals surface area contributed by atoms with Crippen molar-refractivity contribution >= 4 is 29.8 Å². The number of hydrogen-bond donors (Lipinski definition) is 4. The highest BCUT2D eigenvalue weighted by molar-refractivity contribution is 5.96. The molecule has 1 aliphatic rings. The van der Waals surface area contributed by atoms with Gasteiger partial charge in [-0.3, -0.25) is 14.4 Å². The minimum Gasteiger partial charge on any atom is -0.508 e. The summed E-state index contributed by atoms with van der Waals surface area (Å²) in [6, 6.07) is 10.5. The van der Waals surface area contributed by atoms with Crippen molar-refractivity contribution in [3.05, 3.63) is 65.7 Å². The molecule has 1 fully saturated rings. The highest BCUT2D eigenvalue weighted by Crippen LogP contribution is 2.42. The Morgan fingerprint density at radius 2 is 1.46 bits per heavy atom. The summed E-state index contributed by atoms with van der Waals surface area (Å²) in [6.07, 6.45) is -0.919. The van der Waals surface area contributed by atoms with Gasteiger partial charge in [0.1, 0.15) is 35.1 Å². The third-order valence-corrected chi connectivity index (χ3v) is 7.12. The molecule has 0 spiro atoms. The topological polar surface area (TPSA) is 177 Å². The number of aromatic hydroxyl groups is 1. The van der Waals surface area contributed by atoms with E-state index < -0.39 is 71.6 Å². The van der Waals surface area contributed by atoms with Crippen molar-refractivity contribution in [3.63, 3.8) is 0 Å². The number of nitrogens with zero attached hydrogens (tertiary/aromatic N) is 1. The van der Waals surface area contributed by atoms with Gasteiger partial charge in [-0.05, 0) is 65.5 Å². The van der Waals surface area contributed by atoms with E-state index in [0.29, 0.717) is 6.42 Å². The van der Waals surface area contributed by atoms with Crippen LogP contribution in [0.3, 0.4) is 0 Å². The lowest BCUT2D eigenvalue weighted by Gasteiger charge is -2.36. The Morgan fingerprint density at radius 1 is 0.891 bits per heavy atom. The van der Waals surface area contributed by atoms with Crippen LogP contribution >= 0.6 is 0 Å². The van der Waals surface area contributed by atoms with Gasteiger partial charge in [-0.1, -0.05) is 55.5 Å². The molecule has 5 unspecified atom stereocenters. The first-order chi connectivity index (χ1) is 21.4. The fourth-order valence-electron chi connectivity index (χ4n) is 5.01. The number of para-hydroxylation sites is 1. The van der Waals surface area contributed by atoms with Crippen LogP contribution in [0.15, 0.2) is 54.6 Å². The van der Waals surface area contributed by atoms with Crippen LogP contribution in [-0.2, 0) is 35.1 Å². The fourth-order valence-corrected chi connectivity index (χ4v) is 5.01. The summed E-state index contributed by atoms with van der Waals surface area (Å²) in [5.41, 5.74) is 4.56. The van der Waals surface area contributed by atoms with E-state index in [1.807, 2.05) is 25.1 Å². The van der Waals surface area contributed by atoms with E-state index in [-0.39, 0.29) is 23.7 Å². The summed E-state index contributed by atoms with van der Waals surface area (Å²) >= 11 is 0. The van der Waals surface area contributed by atoms with Gasteiger partial charge in [-0.25, -0.2) is 9.59 Å². The van der Waals surface area contributed by atoms with Crippen LogP contribution in [-0.4, -0.2) is 69.1 Å². The molecule has 0 saturated heterocycles. The van der Waals surface area contributed by atoms with Crippen molar-refractivity contribution < 1.29 is 38.6 Å². The lowest BCUT2D eigenvalue weighted by atomic mass is 9.99. The molecular weight excluding hydrogens is 592 g/mol. The van der Waals surface area contributed by atoms with Crippen LogP contribution in [0, 0.1) is 5.92 Å². The summed E-state index contributed by atoms with van der Waals surface area (Å²) < 4.78 is 11.0. The Bertz CT molecular complexity index is 1420. The second-order valence-electron chi connectivity index (χ2n) is 13.6. The normalized spacial score (nSPS) is 17.9. The first-order valence-corrected chi connectivity index (χ1v) is 15.3. The summed E-state index contributed by atoms with van der Waals surface area (Å²) in [5.74, 6) is -3.41. The number of ether oxygens (including phenoxy) is 2. The number of alkyl carbamates (subject to hydrolysis) is 1. The molecule has 46 heavy (non-hydrogen) atoms. The van der Waals surface area contributed by atoms with E-state index in [4.69, 9.17) is 15.2 Å². The highest BCUT2D eigenvalue weighted by atomic mass is 16.6. The van der Waals surface area contributed by atoms with Crippen molar-refractivity contribution in [2.24, 2.45) is 11.7 Å². The molecule has 0 radical (unpaired) electrons. The Balaban J connectivity index is 2.08. The van der Waals surface area contributed by atoms with Gasteiger partial charge in [0.15, 0.2) is 0 Å². The van der Waals surface area contributed by atoms with Crippen LogP contribution in [0.25, 0.3) is 0 Å². The molecule has 2 aromatic rings. The molecular formula is C34H46N4O8. The standard InChI is InChI=1S/C34H46N4O8/c1-20-17-25(20)38(30(42)23(19-27(35)40)37-32(44)46-34(5,6)7)28(22-15-11-12-16-26(22)39)29(41)36-24(31(43)45-33(2,3)4)18-21-13-9-8-10-14-21/h8-16,20,23-25,28,39H,17-19H2,1-7H3,(H2,35,40)(H,36,41)(H,37,44). The first-order valence-electron chi connectivity index (χ1n) is 15.3. The lowest BCUT2D eigenvalue weighted by molar-refractivity contribution is -0.159. The van der Waals surface area contributed by atoms with Crippen LogP contribution in [0.5, 0.6) is 5.75 Å². The molecule has 250 valence electrons. The maximum Gasteiger partial charge on any atom is 0.408 e. The number of amides is 4. The molecule has 0 aliphatic heterocycles. The molecule has 0 heterocycles. The second-order valence-corrected chi connectivity index (χ2v) is 13.6. The zero-order valence-electron chi connectivity index (χ0n) is 27.5. The van der Waals surface area contributed by atoms with E-state index in [9.17, 15) is 29.1 Å². The van der Waals surface area contributed by atoms with E-state index >= 15 is 0 Å². The quantitative estimate of drug-likeness (QED) is 0.255. The largest absolute Gasteiger partial charge is 0.508 e. The number of esters is 1. The highest BCUT2D eigenvalue weighted by Gasteiger charge is 2.49. The number of carbonyl (C=O) groups excluding carboxylic acids is 5. The SMILES string of the molecule is CC1CC1N(C(=O)C(CC(N)=O)NC(=O)OC(C)(C)C)C(C(=O)NC(Cc1ccccc1)C(=O)OC(C)(C)C)c1ccccc1O. The number of hydrogen-bond acceptors (Lipinski definition) is 8. The molecule has 0 aromatic heterocycles. The number of carbonyl (C=O) groups is 5. The van der Waals surface area contributed by atoms with Gasteiger partial charge in [-0.15, -0.1) is 0 Å². The fraction of sp³-hybridized carbons (Fsp3) is 0.500. The summed E-state index contributed by atoms with van der Waals surface area (Å²) in [4.78, 5) is 68.2. The van der Waals surface area contributed by atoms with Gasteiger partial charge in [0.05, 0.1) is 6.42 Å². The number of nitrogens with two attached hydrogens (primary N) is 1. The predicted octanol–water partition coefficient (Wildman–Crippen LogP) is 3.51. The third kappa shape index (κ3) is 10.5. The van der Waals surface area contributed by atoms with E-state index in [0.717, 1.165) is 5.56 Å². The number of phenolic OH excluding ortho intramolecular Hbond substituents is 1. The number of phenols is 1. The van der Waals surface area contributed by atoms with Gasteiger partial charge in [-0.2, -0.15) is 0 Å². The molecule has 5 atom stereocenters. The zero-order chi connectivity index (χ0) is 34.4. The van der Waals surface area contributed by atoms with Gasteiger partial charge in [0, 0.05) is 18.0 Å². The molecule has 12 heteroatoms. The van der Waals surface area contributed by atoms with Crippen LogP contribution in [0.1, 0.15) is 78.5 Å². The number of rotatable bonds is 12. The Hall–Kier alpha value is -4.61. The van der Waals surface area contributed by atoms with Gasteiger partial charge in [0.2, 0.25) is 17.7 Å². The molecule has 3 rings (SSSR count). The van der Waals surface area contributed by atoms with Crippen LogP contribution in [0.4, 0.5) is 4.79 Å². The molecule has 1 aliphatic carbocycles. The molecule has 0 bridgehead atoms. The maximum absolute atomic E-state index is 14.4. The molecule has 5 N–H and O–H groups in total. The van der Waals surface area contributed by atoms with Gasteiger partial charge in [0.25, 0.3) is 0 Å². The maximum atomic E-state index is 14.4. The minimum atomic E-state index is -1.48. The van der Waals surface area contributed by atoms with Gasteiger partial charge < -0.3 is 35.8 Å². The van der Waals surface area contributed by atoms with Crippen molar-refractivity contribution in [1.82, 2.24) is 15.5 Å². The summed E-state index contributed by atoms with van der Waals surface area (Å²) in [7, 11) is 0. The van der Waals surface area contributed by atoms with Gasteiger partial charge >= 0.3 is 12.1 Å². The number of nitrogens with one attached hydrogen (secondary N) is 2. The van der Waals surface area contributed by atoms with Crippen molar-refractivity contribution in [1.29, 1.82) is 0 Å². The molecule has 2 aromatic carbocycles. The van der Waals surface area contributed by atoms with E-state index in [2.05, 4.69) is 10.6 Å². The van der Waals surface area contributed by atoms with Crippen molar-refractivity contribution in [2.45, 2.75) is 103 Å². The van der Waals surface area contributed by atoms with Crippen LogP contribution in [0.2, 0.25) is 0 Å². The molecule has 4 amide bonds. The smallest absolute Gasteiger partial charge is 0.408 e. The number of benzene rings is 2. The van der Waals surface area contributed by atoms with Crippen LogP contribution < -0.4 is 16.4 Å². The predicted molar refractivity (Wildman–Crippen MR) is 170 cm³/mol. The van der Waals surface area contributed by atoms with E-state index in [1.54, 1.807) is 65.8 Å². The third-order valence-electron chi connectivity index (χ3n) is 7.12. The first kappa shape index (κ1) is 35.9. The summed E-state index contributed by atoms with van der Waals surface area (Å²) in [6.45, 7) is 11.9.